The maximum atomic E-state index is 12.2. The fourth-order valence-electron chi connectivity index (χ4n) is 2.63. The molecule has 1 aliphatic rings. The Morgan fingerprint density at radius 3 is 2.62 bits per heavy atom. The number of rotatable bonds is 6. The van der Waals surface area contributed by atoms with Crippen molar-refractivity contribution in [1.29, 1.82) is 0 Å². The van der Waals surface area contributed by atoms with Gasteiger partial charge in [0, 0.05) is 26.3 Å². The number of ether oxygens (including phenoxy) is 3. The number of amides is 2. The van der Waals surface area contributed by atoms with E-state index >= 15 is 0 Å². The lowest BCUT2D eigenvalue weighted by Crippen LogP contribution is -2.46. The van der Waals surface area contributed by atoms with Gasteiger partial charge in [0.25, 0.3) is 0 Å². The molecule has 2 amide bonds. The fourth-order valence-corrected chi connectivity index (χ4v) is 2.63. The van der Waals surface area contributed by atoms with E-state index in [9.17, 15) is 9.90 Å². The van der Waals surface area contributed by atoms with Crippen LogP contribution in [0.25, 0.3) is 0 Å². The third-order valence-electron chi connectivity index (χ3n) is 4.13. The Balaban J connectivity index is 1.92. The average molecular weight is 338 g/mol. The van der Waals surface area contributed by atoms with Crippen LogP contribution in [-0.4, -0.2) is 63.1 Å². The number of nitrogens with one attached hydrogen (secondary N) is 1. The number of carbonyl (C=O) groups is 1. The zero-order valence-electron chi connectivity index (χ0n) is 14.4. The van der Waals surface area contributed by atoms with E-state index in [1.807, 2.05) is 0 Å². The van der Waals surface area contributed by atoms with Gasteiger partial charge in [-0.05, 0) is 30.5 Å². The lowest BCUT2D eigenvalue weighted by molar-refractivity contribution is 0.0768. The SMILES string of the molecule is COc1ccc(C(O)CN(C)C(=O)NC2CCOCC2)cc1OC. The van der Waals surface area contributed by atoms with Gasteiger partial charge in [0.15, 0.2) is 11.5 Å². The molecule has 0 aromatic heterocycles. The summed E-state index contributed by atoms with van der Waals surface area (Å²) in [5.74, 6) is 1.14. The molecule has 1 heterocycles. The molecule has 7 nitrogen and oxygen atoms in total. The minimum atomic E-state index is -0.810. The Labute approximate surface area is 142 Å². The minimum Gasteiger partial charge on any atom is -0.493 e. The summed E-state index contributed by atoms with van der Waals surface area (Å²) in [5, 5.41) is 13.4. The third-order valence-corrected chi connectivity index (χ3v) is 4.13. The molecule has 1 saturated heterocycles. The number of urea groups is 1. The van der Waals surface area contributed by atoms with Gasteiger partial charge >= 0.3 is 6.03 Å². The predicted octanol–water partition coefficient (Wildman–Crippen LogP) is 1.56. The van der Waals surface area contributed by atoms with Gasteiger partial charge < -0.3 is 29.5 Å². The standard InChI is InChI=1S/C17H26N2O5/c1-19(17(21)18-13-6-8-24-9-7-13)11-14(20)12-4-5-15(22-2)16(10-12)23-3/h4-5,10,13-14,20H,6-9,11H2,1-3H3,(H,18,21). The van der Waals surface area contributed by atoms with E-state index in [1.54, 1.807) is 39.5 Å². The minimum absolute atomic E-state index is 0.131. The molecule has 0 saturated carbocycles. The summed E-state index contributed by atoms with van der Waals surface area (Å²) in [4.78, 5) is 13.7. The third kappa shape index (κ3) is 4.75. The Hall–Kier alpha value is -1.99. The Morgan fingerprint density at radius 1 is 1.33 bits per heavy atom. The monoisotopic (exact) mass is 338 g/mol. The topological polar surface area (TPSA) is 80.3 Å². The molecule has 1 unspecified atom stereocenters. The second-order valence-electron chi connectivity index (χ2n) is 5.85. The van der Waals surface area contributed by atoms with Crippen LogP contribution in [0.3, 0.4) is 0 Å². The van der Waals surface area contributed by atoms with Crippen LogP contribution in [0.1, 0.15) is 24.5 Å². The van der Waals surface area contributed by atoms with Crippen molar-refractivity contribution in [2.24, 2.45) is 0 Å². The molecule has 2 N–H and O–H groups in total. The van der Waals surface area contributed by atoms with Gasteiger partial charge in [-0.3, -0.25) is 0 Å². The smallest absolute Gasteiger partial charge is 0.317 e. The largest absolute Gasteiger partial charge is 0.493 e. The highest BCUT2D eigenvalue weighted by Gasteiger charge is 2.20. The van der Waals surface area contributed by atoms with Crippen LogP contribution in [0.4, 0.5) is 4.79 Å². The first-order valence-electron chi connectivity index (χ1n) is 8.04. The van der Waals surface area contributed by atoms with Gasteiger partial charge in [-0.2, -0.15) is 0 Å². The Bertz CT molecular complexity index is 546. The number of carbonyl (C=O) groups excluding carboxylic acids is 1. The van der Waals surface area contributed by atoms with Crippen molar-refractivity contribution < 1.29 is 24.1 Å². The van der Waals surface area contributed by atoms with Gasteiger partial charge in [-0.15, -0.1) is 0 Å². The number of hydrogen-bond acceptors (Lipinski definition) is 5. The first-order valence-corrected chi connectivity index (χ1v) is 8.04. The Morgan fingerprint density at radius 2 is 2.00 bits per heavy atom. The molecule has 0 spiro atoms. The lowest BCUT2D eigenvalue weighted by Gasteiger charge is -2.27. The zero-order valence-corrected chi connectivity index (χ0v) is 14.4. The number of aliphatic hydroxyl groups is 1. The summed E-state index contributed by atoms with van der Waals surface area (Å²) < 4.78 is 15.7. The zero-order chi connectivity index (χ0) is 17.5. The molecule has 1 aromatic rings. The number of nitrogens with zero attached hydrogens (tertiary/aromatic N) is 1. The first-order chi connectivity index (χ1) is 11.5. The summed E-state index contributed by atoms with van der Waals surface area (Å²) in [6, 6.07) is 5.15. The molecule has 7 heteroatoms. The average Bonchev–Trinajstić information content (AvgIpc) is 2.61. The molecule has 24 heavy (non-hydrogen) atoms. The highest BCUT2D eigenvalue weighted by atomic mass is 16.5. The van der Waals surface area contributed by atoms with Crippen LogP contribution >= 0.6 is 0 Å². The number of aliphatic hydroxyl groups excluding tert-OH is 1. The van der Waals surface area contributed by atoms with Gasteiger partial charge in [-0.25, -0.2) is 4.79 Å². The molecule has 0 bridgehead atoms. The van der Waals surface area contributed by atoms with Crippen LogP contribution in [0.2, 0.25) is 0 Å². The summed E-state index contributed by atoms with van der Waals surface area (Å²) in [6.07, 6.45) is 0.825. The molecular formula is C17H26N2O5. The van der Waals surface area contributed by atoms with Crippen molar-refractivity contribution in [1.82, 2.24) is 10.2 Å². The van der Waals surface area contributed by atoms with Crippen molar-refractivity contribution in [2.45, 2.75) is 25.0 Å². The van der Waals surface area contributed by atoms with E-state index in [4.69, 9.17) is 14.2 Å². The van der Waals surface area contributed by atoms with Crippen LogP contribution in [-0.2, 0) is 4.74 Å². The van der Waals surface area contributed by atoms with Gasteiger partial charge in [0.2, 0.25) is 0 Å². The van der Waals surface area contributed by atoms with Gasteiger partial charge in [0.1, 0.15) is 0 Å². The quantitative estimate of drug-likeness (QED) is 0.823. The first kappa shape index (κ1) is 18.4. The van der Waals surface area contributed by atoms with E-state index in [1.165, 1.54) is 4.90 Å². The van der Waals surface area contributed by atoms with Crippen LogP contribution in [0.15, 0.2) is 18.2 Å². The van der Waals surface area contributed by atoms with Crippen molar-refractivity contribution in [2.75, 3.05) is 41.0 Å². The maximum Gasteiger partial charge on any atom is 0.317 e. The van der Waals surface area contributed by atoms with E-state index in [0.29, 0.717) is 30.3 Å². The van der Waals surface area contributed by atoms with Crippen molar-refractivity contribution in [3.8, 4) is 11.5 Å². The molecule has 1 aliphatic heterocycles. The number of likely N-dealkylation sites (N-methyl/N-ethyl adjacent to an activating group) is 1. The maximum absolute atomic E-state index is 12.2. The number of hydrogen-bond donors (Lipinski definition) is 2. The van der Waals surface area contributed by atoms with E-state index in [0.717, 1.165) is 12.8 Å². The molecule has 134 valence electrons. The highest BCUT2D eigenvalue weighted by molar-refractivity contribution is 5.74. The second kappa shape index (κ2) is 8.75. The molecular weight excluding hydrogens is 312 g/mol. The van der Waals surface area contributed by atoms with E-state index in [-0.39, 0.29) is 18.6 Å². The predicted molar refractivity (Wildman–Crippen MR) is 89.5 cm³/mol. The van der Waals surface area contributed by atoms with Gasteiger partial charge in [0.05, 0.1) is 26.9 Å². The summed E-state index contributed by atoms with van der Waals surface area (Å²) >= 11 is 0. The fraction of sp³-hybridized carbons (Fsp3) is 0.588. The Kier molecular flexibility index (Phi) is 6.69. The molecule has 0 radical (unpaired) electrons. The second-order valence-corrected chi connectivity index (χ2v) is 5.85. The van der Waals surface area contributed by atoms with Crippen LogP contribution < -0.4 is 14.8 Å². The molecule has 0 aliphatic carbocycles. The van der Waals surface area contributed by atoms with Crippen molar-refractivity contribution >= 4 is 6.03 Å². The van der Waals surface area contributed by atoms with E-state index < -0.39 is 6.10 Å². The normalized spacial score (nSPS) is 16.3. The van der Waals surface area contributed by atoms with Crippen molar-refractivity contribution in [3.63, 3.8) is 0 Å². The molecule has 2 rings (SSSR count). The highest BCUT2D eigenvalue weighted by Crippen LogP contribution is 2.30. The number of benzene rings is 1. The number of methoxy groups -OCH3 is 2. The lowest BCUT2D eigenvalue weighted by atomic mass is 10.1. The summed E-state index contributed by atoms with van der Waals surface area (Å²) in [6.45, 7) is 1.52. The van der Waals surface area contributed by atoms with Crippen LogP contribution in [0.5, 0.6) is 11.5 Å². The summed E-state index contributed by atoms with van der Waals surface area (Å²) in [7, 11) is 4.77. The van der Waals surface area contributed by atoms with Gasteiger partial charge in [-0.1, -0.05) is 6.07 Å². The van der Waals surface area contributed by atoms with E-state index in [2.05, 4.69) is 5.32 Å². The summed E-state index contributed by atoms with van der Waals surface area (Å²) in [5.41, 5.74) is 0.665. The molecule has 1 fully saturated rings. The molecule has 1 aromatic carbocycles. The van der Waals surface area contributed by atoms with Crippen molar-refractivity contribution in [3.05, 3.63) is 23.8 Å². The molecule has 1 atom stereocenters. The van der Waals surface area contributed by atoms with Crippen LogP contribution in [0, 0.1) is 0 Å².